The minimum atomic E-state index is -0.971. The molecule has 33 heavy (non-hydrogen) atoms. The van der Waals surface area contributed by atoms with Crippen molar-refractivity contribution < 1.29 is 19.2 Å². The number of carbonyl (C=O) groups is 4. The minimum absolute atomic E-state index is 0.0917. The van der Waals surface area contributed by atoms with Gasteiger partial charge in [-0.3, -0.25) is 29.4 Å². The summed E-state index contributed by atoms with van der Waals surface area (Å²) in [5, 5.41) is 8.85. The average Bonchev–Trinajstić information content (AvgIpc) is 3.08. The van der Waals surface area contributed by atoms with Gasteiger partial charge in [-0.1, -0.05) is 12.5 Å². The van der Waals surface area contributed by atoms with Crippen LogP contribution in [-0.2, 0) is 16.1 Å². The van der Waals surface area contributed by atoms with E-state index in [4.69, 9.17) is 0 Å². The Morgan fingerprint density at radius 2 is 1.88 bits per heavy atom. The monoisotopic (exact) mass is 448 g/mol. The van der Waals surface area contributed by atoms with Crippen LogP contribution in [0, 0.1) is 0 Å². The summed E-state index contributed by atoms with van der Waals surface area (Å²) in [6.45, 7) is 1.35. The largest absolute Gasteiger partial charge is 0.350 e. The van der Waals surface area contributed by atoms with E-state index in [1.165, 1.54) is 12.8 Å². The molecule has 3 aliphatic heterocycles. The summed E-state index contributed by atoms with van der Waals surface area (Å²) in [4.78, 5) is 59.3. The number of fused-ring (bicyclic) bond motifs is 1. The lowest BCUT2D eigenvalue weighted by molar-refractivity contribution is -0.136. The van der Waals surface area contributed by atoms with Gasteiger partial charge in [0.05, 0.1) is 16.8 Å². The molecule has 4 amide bonds. The fourth-order valence-corrected chi connectivity index (χ4v) is 4.57. The molecule has 1 aromatic carbocycles. The topological polar surface area (TPSA) is 133 Å². The second-order valence-electron chi connectivity index (χ2n) is 8.49. The Hall–Kier alpha value is -3.66. The molecule has 0 bridgehead atoms. The summed E-state index contributed by atoms with van der Waals surface area (Å²) in [6.07, 6.45) is 5.34. The van der Waals surface area contributed by atoms with Gasteiger partial charge in [0.2, 0.25) is 17.8 Å². The summed E-state index contributed by atoms with van der Waals surface area (Å²) in [5.74, 6) is -1.56. The molecule has 4 heterocycles. The molecule has 170 valence electrons. The molecule has 10 heteroatoms. The Labute approximate surface area is 190 Å². The lowest BCUT2D eigenvalue weighted by atomic mass is 10.0. The molecule has 2 aromatic rings. The van der Waals surface area contributed by atoms with E-state index in [1.54, 1.807) is 24.4 Å². The smallest absolute Gasteiger partial charge is 0.262 e. The predicted molar refractivity (Wildman–Crippen MR) is 117 cm³/mol. The highest BCUT2D eigenvalue weighted by Gasteiger charge is 2.44. The maximum atomic E-state index is 13.0. The number of hydrogen-bond acceptors (Lipinski definition) is 8. The molecule has 0 radical (unpaired) electrons. The zero-order valence-corrected chi connectivity index (χ0v) is 18.0. The Morgan fingerprint density at radius 1 is 1.03 bits per heavy atom. The molecule has 10 nitrogen and oxygen atoms in total. The van der Waals surface area contributed by atoms with Crippen LogP contribution in [0.4, 0.5) is 5.95 Å². The van der Waals surface area contributed by atoms with Crippen LogP contribution in [-0.4, -0.2) is 51.1 Å². The third-order valence-electron chi connectivity index (χ3n) is 6.30. The highest BCUT2D eigenvalue weighted by atomic mass is 16.2. The molecule has 2 fully saturated rings. The number of piperidine rings is 2. The third-order valence-corrected chi connectivity index (χ3v) is 6.30. The first-order chi connectivity index (χ1) is 16.0. The van der Waals surface area contributed by atoms with Crippen molar-refractivity contribution in [2.45, 2.75) is 50.7 Å². The van der Waals surface area contributed by atoms with E-state index in [9.17, 15) is 19.2 Å². The van der Waals surface area contributed by atoms with E-state index in [0.29, 0.717) is 12.5 Å². The quantitative estimate of drug-likeness (QED) is 0.583. The standard InChI is InChI=1S/C23H24N6O4/c30-19-7-6-18(20(31)28-19)29-21(32)14-5-4-13(11-15(14)22(29)33)12-26-23-25-10-8-17(27-23)16-3-1-2-9-24-16/h4-5,8,10-11,16,18,24H,1-3,6-7,9,12H2,(H,25,26,27)(H,28,30,31). The molecule has 1 aromatic heterocycles. The van der Waals surface area contributed by atoms with Crippen LogP contribution in [0.3, 0.4) is 0 Å². The van der Waals surface area contributed by atoms with Crippen molar-refractivity contribution in [2.24, 2.45) is 0 Å². The Morgan fingerprint density at radius 3 is 2.67 bits per heavy atom. The van der Waals surface area contributed by atoms with Crippen molar-refractivity contribution in [2.75, 3.05) is 11.9 Å². The average molecular weight is 448 g/mol. The van der Waals surface area contributed by atoms with Crippen molar-refractivity contribution in [3.8, 4) is 0 Å². The summed E-state index contributed by atoms with van der Waals surface area (Å²) in [6, 6.07) is 6.18. The number of nitrogens with zero attached hydrogens (tertiary/aromatic N) is 3. The molecular weight excluding hydrogens is 424 g/mol. The van der Waals surface area contributed by atoms with Gasteiger partial charge in [-0.2, -0.15) is 0 Å². The van der Waals surface area contributed by atoms with Crippen molar-refractivity contribution in [3.63, 3.8) is 0 Å². The van der Waals surface area contributed by atoms with Gasteiger partial charge in [0.15, 0.2) is 0 Å². The van der Waals surface area contributed by atoms with E-state index in [2.05, 4.69) is 25.9 Å². The van der Waals surface area contributed by atoms with Crippen molar-refractivity contribution in [1.29, 1.82) is 0 Å². The van der Waals surface area contributed by atoms with E-state index in [1.807, 2.05) is 6.07 Å². The first-order valence-electron chi connectivity index (χ1n) is 11.2. The maximum Gasteiger partial charge on any atom is 0.262 e. The summed E-state index contributed by atoms with van der Waals surface area (Å²) < 4.78 is 0. The first kappa shape index (κ1) is 21.2. The second-order valence-corrected chi connectivity index (χ2v) is 8.49. The molecule has 0 saturated carbocycles. The van der Waals surface area contributed by atoms with Gasteiger partial charge in [-0.05, 0) is 49.6 Å². The van der Waals surface area contributed by atoms with Gasteiger partial charge in [0.1, 0.15) is 6.04 Å². The van der Waals surface area contributed by atoms with E-state index < -0.39 is 29.7 Å². The molecule has 0 spiro atoms. The summed E-state index contributed by atoms with van der Waals surface area (Å²) in [5.41, 5.74) is 2.24. The molecule has 3 aliphatic rings. The number of benzene rings is 1. The Kier molecular flexibility index (Phi) is 5.59. The summed E-state index contributed by atoms with van der Waals surface area (Å²) in [7, 11) is 0. The highest BCUT2D eigenvalue weighted by Crippen LogP contribution is 2.28. The fraction of sp³-hybridized carbons (Fsp3) is 0.391. The van der Waals surface area contributed by atoms with E-state index >= 15 is 0 Å². The molecule has 0 aliphatic carbocycles. The zero-order valence-electron chi connectivity index (χ0n) is 18.0. The Bertz CT molecular complexity index is 1140. The maximum absolute atomic E-state index is 13.0. The number of aromatic nitrogens is 2. The van der Waals surface area contributed by atoms with Crippen LogP contribution < -0.4 is 16.0 Å². The predicted octanol–water partition coefficient (Wildman–Crippen LogP) is 1.30. The highest BCUT2D eigenvalue weighted by molar-refractivity contribution is 6.23. The van der Waals surface area contributed by atoms with Gasteiger partial charge in [-0.15, -0.1) is 0 Å². The van der Waals surface area contributed by atoms with Crippen LogP contribution in [0.2, 0.25) is 0 Å². The molecule has 2 atom stereocenters. The SMILES string of the molecule is O=C1CCC(N2C(=O)c3ccc(CNc4nccc(C5CCCCN5)n4)cc3C2=O)C(=O)N1. The van der Waals surface area contributed by atoms with Crippen molar-refractivity contribution in [1.82, 2.24) is 25.5 Å². The molecular formula is C23H24N6O4. The lowest BCUT2D eigenvalue weighted by Crippen LogP contribution is -2.54. The third kappa shape index (κ3) is 4.09. The zero-order chi connectivity index (χ0) is 22.9. The van der Waals surface area contributed by atoms with E-state index in [-0.39, 0.29) is 30.0 Å². The normalized spacial score (nSPS) is 22.8. The molecule has 2 unspecified atom stereocenters. The number of nitrogens with one attached hydrogen (secondary N) is 3. The number of imide groups is 2. The van der Waals surface area contributed by atoms with Crippen LogP contribution in [0.15, 0.2) is 30.5 Å². The van der Waals surface area contributed by atoms with Gasteiger partial charge < -0.3 is 10.6 Å². The second kappa shape index (κ2) is 8.70. The molecule has 5 rings (SSSR count). The number of hydrogen-bond donors (Lipinski definition) is 3. The molecule has 2 saturated heterocycles. The van der Waals surface area contributed by atoms with Gasteiger partial charge >= 0.3 is 0 Å². The minimum Gasteiger partial charge on any atom is -0.350 e. The number of rotatable bonds is 5. The van der Waals surface area contributed by atoms with Crippen molar-refractivity contribution in [3.05, 3.63) is 52.8 Å². The van der Waals surface area contributed by atoms with Crippen LogP contribution >= 0.6 is 0 Å². The first-order valence-corrected chi connectivity index (χ1v) is 11.2. The van der Waals surface area contributed by atoms with Crippen LogP contribution in [0.5, 0.6) is 0 Å². The van der Waals surface area contributed by atoms with Gasteiger partial charge in [0, 0.05) is 25.2 Å². The Balaban J connectivity index is 1.29. The lowest BCUT2D eigenvalue weighted by Gasteiger charge is -2.27. The number of amides is 4. The fourth-order valence-electron chi connectivity index (χ4n) is 4.57. The van der Waals surface area contributed by atoms with Crippen molar-refractivity contribution >= 4 is 29.6 Å². The summed E-state index contributed by atoms with van der Waals surface area (Å²) >= 11 is 0. The van der Waals surface area contributed by atoms with Gasteiger partial charge in [-0.25, -0.2) is 9.97 Å². The van der Waals surface area contributed by atoms with E-state index in [0.717, 1.165) is 29.1 Å². The number of carbonyl (C=O) groups excluding carboxylic acids is 4. The van der Waals surface area contributed by atoms with Crippen LogP contribution in [0.25, 0.3) is 0 Å². The van der Waals surface area contributed by atoms with Crippen LogP contribution in [0.1, 0.15) is 70.1 Å². The number of anilines is 1. The molecule has 3 N–H and O–H groups in total. The van der Waals surface area contributed by atoms with Gasteiger partial charge in [0.25, 0.3) is 11.8 Å².